The standard InChI is InChI=1S/C18H16F2N4O2/c1-2-15-14(11-22-24(15)16-5-3-4-10-21-16)17(25)23-12-6-8-13(9-7-12)26-18(19)20/h3-11,18H,2H2,1H3,(H,23,25). The first-order valence-electron chi connectivity index (χ1n) is 7.93. The second kappa shape index (κ2) is 7.73. The van der Waals surface area contributed by atoms with E-state index in [1.54, 1.807) is 23.0 Å². The SMILES string of the molecule is CCc1c(C(=O)Nc2ccc(OC(F)F)cc2)cnn1-c1ccccn1. The molecule has 26 heavy (non-hydrogen) atoms. The lowest BCUT2D eigenvalue weighted by Crippen LogP contribution is -2.14. The van der Waals surface area contributed by atoms with Crippen LogP contribution in [0.1, 0.15) is 23.0 Å². The number of nitrogens with one attached hydrogen (secondary N) is 1. The van der Waals surface area contributed by atoms with Crippen molar-refractivity contribution in [2.24, 2.45) is 0 Å². The molecule has 0 aliphatic heterocycles. The summed E-state index contributed by atoms with van der Waals surface area (Å²) in [6, 6.07) is 11.1. The first-order valence-corrected chi connectivity index (χ1v) is 7.93. The largest absolute Gasteiger partial charge is 0.435 e. The summed E-state index contributed by atoms with van der Waals surface area (Å²) in [5.41, 5.74) is 1.61. The summed E-state index contributed by atoms with van der Waals surface area (Å²) in [4.78, 5) is 16.8. The topological polar surface area (TPSA) is 69.0 Å². The highest BCUT2D eigenvalue weighted by atomic mass is 19.3. The minimum atomic E-state index is -2.89. The number of halogens is 2. The van der Waals surface area contributed by atoms with Crippen LogP contribution >= 0.6 is 0 Å². The van der Waals surface area contributed by atoms with Gasteiger partial charge in [0.25, 0.3) is 5.91 Å². The maximum Gasteiger partial charge on any atom is 0.387 e. The van der Waals surface area contributed by atoms with Crippen LogP contribution in [-0.4, -0.2) is 27.3 Å². The molecule has 134 valence electrons. The molecule has 2 aromatic heterocycles. The monoisotopic (exact) mass is 358 g/mol. The van der Waals surface area contributed by atoms with Crippen molar-refractivity contribution >= 4 is 11.6 Å². The Morgan fingerprint density at radius 1 is 1.23 bits per heavy atom. The van der Waals surface area contributed by atoms with Gasteiger partial charge >= 0.3 is 6.61 Å². The van der Waals surface area contributed by atoms with E-state index >= 15 is 0 Å². The van der Waals surface area contributed by atoms with Crippen LogP contribution in [-0.2, 0) is 6.42 Å². The lowest BCUT2D eigenvalue weighted by Gasteiger charge is -2.09. The zero-order valence-corrected chi connectivity index (χ0v) is 13.9. The second-order valence-corrected chi connectivity index (χ2v) is 5.32. The quantitative estimate of drug-likeness (QED) is 0.730. The predicted molar refractivity (Wildman–Crippen MR) is 91.8 cm³/mol. The molecule has 0 atom stereocenters. The van der Waals surface area contributed by atoms with Crippen molar-refractivity contribution in [1.82, 2.24) is 14.8 Å². The minimum Gasteiger partial charge on any atom is -0.435 e. The fraction of sp³-hybridized carbons (Fsp3) is 0.167. The zero-order valence-electron chi connectivity index (χ0n) is 13.9. The lowest BCUT2D eigenvalue weighted by molar-refractivity contribution is -0.0498. The summed E-state index contributed by atoms with van der Waals surface area (Å²) >= 11 is 0. The molecule has 0 spiro atoms. The van der Waals surface area contributed by atoms with Crippen LogP contribution in [0.15, 0.2) is 54.9 Å². The van der Waals surface area contributed by atoms with E-state index in [1.807, 2.05) is 13.0 Å². The molecule has 0 aliphatic rings. The highest BCUT2D eigenvalue weighted by molar-refractivity contribution is 6.05. The summed E-state index contributed by atoms with van der Waals surface area (Å²) in [6.45, 7) is -0.969. The van der Waals surface area contributed by atoms with Crippen LogP contribution in [0.25, 0.3) is 5.82 Å². The number of alkyl halides is 2. The number of carbonyl (C=O) groups excluding carboxylic acids is 1. The van der Waals surface area contributed by atoms with Crippen molar-refractivity contribution in [1.29, 1.82) is 0 Å². The van der Waals surface area contributed by atoms with Gasteiger partial charge in [0.05, 0.1) is 17.5 Å². The van der Waals surface area contributed by atoms with Crippen LogP contribution in [0.4, 0.5) is 14.5 Å². The Labute approximate surface area is 148 Å². The number of amides is 1. The van der Waals surface area contributed by atoms with Crippen molar-refractivity contribution in [3.05, 3.63) is 66.1 Å². The van der Waals surface area contributed by atoms with Gasteiger partial charge in [-0.1, -0.05) is 13.0 Å². The molecule has 0 bridgehead atoms. The molecule has 0 aliphatic carbocycles. The number of anilines is 1. The Balaban J connectivity index is 1.79. The highest BCUT2D eigenvalue weighted by Gasteiger charge is 2.18. The Hall–Kier alpha value is -3.29. The van der Waals surface area contributed by atoms with E-state index in [9.17, 15) is 13.6 Å². The minimum absolute atomic E-state index is 0.0233. The molecule has 0 saturated carbocycles. The van der Waals surface area contributed by atoms with Gasteiger partial charge in [0.2, 0.25) is 0 Å². The molecule has 0 radical (unpaired) electrons. The van der Waals surface area contributed by atoms with E-state index < -0.39 is 6.61 Å². The Bertz CT molecular complexity index is 880. The van der Waals surface area contributed by atoms with E-state index in [0.717, 1.165) is 5.69 Å². The maximum atomic E-state index is 12.6. The van der Waals surface area contributed by atoms with E-state index in [-0.39, 0.29) is 11.7 Å². The molecule has 1 amide bonds. The molecule has 0 saturated heterocycles. The second-order valence-electron chi connectivity index (χ2n) is 5.32. The third-order valence-corrected chi connectivity index (χ3v) is 3.65. The number of nitrogens with zero attached hydrogens (tertiary/aromatic N) is 3. The molecule has 3 aromatic rings. The number of rotatable bonds is 6. The Kier molecular flexibility index (Phi) is 5.21. The summed E-state index contributed by atoms with van der Waals surface area (Å²) in [7, 11) is 0. The van der Waals surface area contributed by atoms with Crippen molar-refractivity contribution in [2.45, 2.75) is 20.0 Å². The average molecular weight is 358 g/mol. The van der Waals surface area contributed by atoms with Gasteiger partial charge < -0.3 is 10.1 Å². The summed E-state index contributed by atoms with van der Waals surface area (Å²) in [5, 5.41) is 6.98. The number of benzene rings is 1. The highest BCUT2D eigenvalue weighted by Crippen LogP contribution is 2.20. The molecule has 3 rings (SSSR count). The van der Waals surface area contributed by atoms with Gasteiger partial charge in [0, 0.05) is 11.9 Å². The predicted octanol–water partition coefficient (Wildman–Crippen LogP) is 3.68. The van der Waals surface area contributed by atoms with Crippen molar-refractivity contribution in [2.75, 3.05) is 5.32 Å². The van der Waals surface area contributed by atoms with Gasteiger partial charge in [-0.15, -0.1) is 0 Å². The van der Waals surface area contributed by atoms with Crippen LogP contribution < -0.4 is 10.1 Å². The van der Waals surface area contributed by atoms with E-state index in [0.29, 0.717) is 23.5 Å². The van der Waals surface area contributed by atoms with Crippen molar-refractivity contribution in [3.8, 4) is 11.6 Å². The molecule has 0 unspecified atom stereocenters. The average Bonchev–Trinajstić information content (AvgIpc) is 3.08. The molecule has 1 aromatic carbocycles. The molecule has 8 heteroatoms. The fourth-order valence-corrected chi connectivity index (χ4v) is 2.50. The zero-order chi connectivity index (χ0) is 18.5. The number of ether oxygens (including phenoxy) is 1. The summed E-state index contributed by atoms with van der Waals surface area (Å²) in [5.74, 6) is 0.304. The molecular formula is C18H16F2N4O2. The molecule has 6 nitrogen and oxygen atoms in total. The molecular weight excluding hydrogens is 342 g/mol. The van der Waals surface area contributed by atoms with Gasteiger partial charge in [-0.2, -0.15) is 13.9 Å². The Morgan fingerprint density at radius 3 is 2.62 bits per heavy atom. The number of carbonyl (C=O) groups is 1. The van der Waals surface area contributed by atoms with Gasteiger partial charge in [0.15, 0.2) is 5.82 Å². The molecule has 2 heterocycles. The Morgan fingerprint density at radius 2 is 2.00 bits per heavy atom. The van der Waals surface area contributed by atoms with Gasteiger partial charge in [-0.05, 0) is 42.8 Å². The van der Waals surface area contributed by atoms with E-state index in [2.05, 4.69) is 20.1 Å². The third kappa shape index (κ3) is 3.85. The first kappa shape index (κ1) is 17.5. The third-order valence-electron chi connectivity index (χ3n) is 3.65. The van der Waals surface area contributed by atoms with Crippen LogP contribution in [0.2, 0.25) is 0 Å². The number of hydrogen-bond donors (Lipinski definition) is 1. The summed E-state index contributed by atoms with van der Waals surface area (Å²) < 4.78 is 30.2. The molecule has 0 fully saturated rings. The van der Waals surface area contributed by atoms with Gasteiger partial charge in [0.1, 0.15) is 5.75 Å². The van der Waals surface area contributed by atoms with Gasteiger partial charge in [-0.25, -0.2) is 9.67 Å². The summed E-state index contributed by atoms with van der Waals surface area (Å²) in [6.07, 6.45) is 3.72. The van der Waals surface area contributed by atoms with E-state index in [4.69, 9.17) is 0 Å². The normalized spacial score (nSPS) is 10.8. The van der Waals surface area contributed by atoms with Crippen LogP contribution in [0.5, 0.6) is 5.75 Å². The maximum absolute atomic E-state index is 12.6. The van der Waals surface area contributed by atoms with E-state index in [1.165, 1.54) is 30.5 Å². The van der Waals surface area contributed by atoms with Crippen LogP contribution in [0, 0.1) is 0 Å². The first-order chi connectivity index (χ1) is 12.6. The van der Waals surface area contributed by atoms with Crippen molar-refractivity contribution < 1.29 is 18.3 Å². The van der Waals surface area contributed by atoms with Gasteiger partial charge in [-0.3, -0.25) is 4.79 Å². The van der Waals surface area contributed by atoms with Crippen molar-refractivity contribution in [3.63, 3.8) is 0 Å². The fourth-order valence-electron chi connectivity index (χ4n) is 2.50. The smallest absolute Gasteiger partial charge is 0.387 e. The number of aromatic nitrogens is 3. The molecule has 1 N–H and O–H groups in total. The number of hydrogen-bond acceptors (Lipinski definition) is 4. The lowest BCUT2D eigenvalue weighted by atomic mass is 10.2. The van der Waals surface area contributed by atoms with Crippen LogP contribution in [0.3, 0.4) is 0 Å². The number of pyridine rings is 1.